The van der Waals surface area contributed by atoms with Crippen molar-refractivity contribution in [1.82, 2.24) is 5.43 Å². The van der Waals surface area contributed by atoms with Crippen molar-refractivity contribution in [1.29, 1.82) is 0 Å². The quantitative estimate of drug-likeness (QED) is 0.367. The van der Waals surface area contributed by atoms with Crippen molar-refractivity contribution in [3.05, 3.63) is 41.5 Å². The van der Waals surface area contributed by atoms with Crippen LogP contribution in [0.15, 0.2) is 40.8 Å². The normalized spacial score (nSPS) is 17.3. The zero-order chi connectivity index (χ0) is 12.8. The number of hydrogen-bond acceptors (Lipinski definition) is 3. The van der Waals surface area contributed by atoms with Crippen LogP contribution in [0.4, 0.5) is 0 Å². The van der Waals surface area contributed by atoms with Crippen molar-refractivity contribution in [3.63, 3.8) is 0 Å². The van der Waals surface area contributed by atoms with E-state index in [1.807, 2.05) is 11.8 Å². The molecule has 1 aliphatic rings. The number of thioether (sulfide) groups is 1. The van der Waals surface area contributed by atoms with E-state index >= 15 is 0 Å². The van der Waals surface area contributed by atoms with E-state index in [0.29, 0.717) is 0 Å². The smallest absolute Gasteiger partial charge is 0.0670 e. The summed E-state index contributed by atoms with van der Waals surface area (Å²) in [5.74, 6) is 6.85. The van der Waals surface area contributed by atoms with Gasteiger partial charge in [0.25, 0.3) is 0 Å². The molecule has 98 valence electrons. The molecule has 1 unspecified atom stereocenters. The summed E-state index contributed by atoms with van der Waals surface area (Å²) in [6, 6.07) is 8.95. The second kappa shape index (κ2) is 6.98. The van der Waals surface area contributed by atoms with Crippen LogP contribution in [0.1, 0.15) is 44.2 Å². The van der Waals surface area contributed by atoms with Crippen LogP contribution in [-0.4, -0.2) is 5.75 Å². The largest absolute Gasteiger partial charge is 0.271 e. The molecule has 1 aromatic rings. The minimum absolute atomic E-state index is 0.186. The van der Waals surface area contributed by atoms with E-state index in [-0.39, 0.29) is 6.04 Å². The van der Waals surface area contributed by atoms with E-state index in [9.17, 15) is 0 Å². The average molecular weight is 262 g/mol. The van der Waals surface area contributed by atoms with Gasteiger partial charge in [-0.1, -0.05) is 30.7 Å². The highest BCUT2D eigenvalue weighted by atomic mass is 32.2. The highest BCUT2D eigenvalue weighted by molar-refractivity contribution is 7.99. The van der Waals surface area contributed by atoms with Gasteiger partial charge in [-0.05, 0) is 49.1 Å². The SMILES string of the molecule is CCSc1ccc(C(NN)C2=CCCCC2)cc1. The van der Waals surface area contributed by atoms with Gasteiger partial charge in [0.15, 0.2) is 0 Å². The van der Waals surface area contributed by atoms with Crippen LogP contribution < -0.4 is 11.3 Å². The predicted molar refractivity (Wildman–Crippen MR) is 79.5 cm³/mol. The molecule has 0 radical (unpaired) electrons. The molecule has 3 N–H and O–H groups in total. The van der Waals surface area contributed by atoms with Crippen LogP contribution in [-0.2, 0) is 0 Å². The first kappa shape index (κ1) is 13.7. The zero-order valence-corrected chi connectivity index (χ0v) is 11.8. The maximum absolute atomic E-state index is 5.74. The lowest BCUT2D eigenvalue weighted by Gasteiger charge is -2.23. The Morgan fingerprint density at radius 3 is 2.61 bits per heavy atom. The predicted octanol–water partition coefficient (Wildman–Crippen LogP) is 3.80. The molecule has 0 fully saturated rings. The van der Waals surface area contributed by atoms with Crippen LogP contribution in [0.2, 0.25) is 0 Å². The molecule has 0 aromatic heterocycles. The van der Waals surface area contributed by atoms with Crippen LogP contribution in [0.3, 0.4) is 0 Å². The number of rotatable bonds is 5. The van der Waals surface area contributed by atoms with Gasteiger partial charge in [-0.2, -0.15) is 0 Å². The lowest BCUT2D eigenvalue weighted by molar-refractivity contribution is 0.565. The van der Waals surface area contributed by atoms with Crippen LogP contribution >= 0.6 is 11.8 Å². The Hall–Kier alpha value is -0.770. The van der Waals surface area contributed by atoms with Gasteiger partial charge in [0.05, 0.1) is 6.04 Å². The Kier molecular flexibility index (Phi) is 5.29. The van der Waals surface area contributed by atoms with E-state index in [4.69, 9.17) is 5.84 Å². The minimum Gasteiger partial charge on any atom is -0.271 e. The lowest BCUT2D eigenvalue weighted by Crippen LogP contribution is -2.30. The van der Waals surface area contributed by atoms with Gasteiger partial charge in [-0.25, -0.2) is 5.43 Å². The molecule has 1 aromatic carbocycles. The molecule has 0 aliphatic heterocycles. The van der Waals surface area contributed by atoms with E-state index in [0.717, 1.165) is 5.75 Å². The fourth-order valence-electron chi connectivity index (χ4n) is 2.47. The highest BCUT2D eigenvalue weighted by Gasteiger charge is 2.16. The first-order valence-electron chi connectivity index (χ1n) is 6.73. The number of benzene rings is 1. The summed E-state index contributed by atoms with van der Waals surface area (Å²) in [5, 5.41) is 0. The first-order chi connectivity index (χ1) is 8.85. The van der Waals surface area contributed by atoms with Gasteiger partial charge in [0, 0.05) is 4.90 Å². The molecule has 0 heterocycles. The van der Waals surface area contributed by atoms with E-state index < -0.39 is 0 Å². The molecule has 0 spiro atoms. The van der Waals surface area contributed by atoms with Crippen molar-refractivity contribution in [2.24, 2.45) is 5.84 Å². The Balaban J connectivity index is 2.14. The number of hydrogen-bond donors (Lipinski definition) is 2. The number of allylic oxidation sites excluding steroid dienone is 1. The molecule has 18 heavy (non-hydrogen) atoms. The molecule has 0 bridgehead atoms. The van der Waals surface area contributed by atoms with Crippen molar-refractivity contribution >= 4 is 11.8 Å². The third-order valence-electron chi connectivity index (χ3n) is 3.39. The minimum atomic E-state index is 0.186. The number of hydrazine groups is 1. The third kappa shape index (κ3) is 3.37. The van der Waals surface area contributed by atoms with Gasteiger partial charge in [0.2, 0.25) is 0 Å². The molecule has 0 amide bonds. The summed E-state index contributed by atoms with van der Waals surface area (Å²) in [5.41, 5.74) is 5.68. The van der Waals surface area contributed by atoms with Gasteiger partial charge in [-0.3, -0.25) is 5.84 Å². The molecule has 1 atom stereocenters. The van der Waals surface area contributed by atoms with E-state index in [1.54, 1.807) is 0 Å². The highest BCUT2D eigenvalue weighted by Crippen LogP contribution is 2.30. The summed E-state index contributed by atoms with van der Waals surface area (Å²) in [7, 11) is 0. The van der Waals surface area contributed by atoms with Crippen molar-refractivity contribution in [3.8, 4) is 0 Å². The number of nitrogens with two attached hydrogens (primary N) is 1. The van der Waals surface area contributed by atoms with Gasteiger partial charge in [-0.15, -0.1) is 11.8 Å². The average Bonchev–Trinajstić information content (AvgIpc) is 2.43. The summed E-state index contributed by atoms with van der Waals surface area (Å²) in [4.78, 5) is 1.33. The molecule has 2 rings (SSSR count). The summed E-state index contributed by atoms with van der Waals surface area (Å²) >= 11 is 1.87. The summed E-state index contributed by atoms with van der Waals surface area (Å²) in [6.07, 6.45) is 7.31. The Labute approximate surface area is 114 Å². The second-order valence-electron chi connectivity index (χ2n) is 4.63. The lowest BCUT2D eigenvalue weighted by atomic mass is 9.90. The molecule has 3 heteroatoms. The number of nitrogens with one attached hydrogen (secondary N) is 1. The summed E-state index contributed by atoms with van der Waals surface area (Å²) < 4.78 is 0. The van der Waals surface area contributed by atoms with Crippen molar-refractivity contribution in [2.45, 2.75) is 43.5 Å². The molecule has 0 saturated heterocycles. The standard InChI is InChI=1S/C15H22N2S/c1-2-18-14-10-8-13(9-11-14)15(17-16)12-6-4-3-5-7-12/h6,8-11,15,17H,2-5,7,16H2,1H3. The summed E-state index contributed by atoms with van der Waals surface area (Å²) in [6.45, 7) is 2.18. The molecular formula is C15H22N2S. The Morgan fingerprint density at radius 1 is 1.28 bits per heavy atom. The van der Waals surface area contributed by atoms with E-state index in [1.165, 1.54) is 41.7 Å². The van der Waals surface area contributed by atoms with Crippen LogP contribution in [0.25, 0.3) is 0 Å². The molecule has 1 aliphatic carbocycles. The van der Waals surface area contributed by atoms with Crippen LogP contribution in [0, 0.1) is 0 Å². The monoisotopic (exact) mass is 262 g/mol. The fourth-order valence-corrected chi connectivity index (χ4v) is 3.13. The van der Waals surface area contributed by atoms with Crippen LogP contribution in [0.5, 0.6) is 0 Å². The Morgan fingerprint density at radius 2 is 2.06 bits per heavy atom. The fraction of sp³-hybridized carbons (Fsp3) is 0.467. The van der Waals surface area contributed by atoms with Gasteiger partial charge < -0.3 is 0 Å². The third-order valence-corrected chi connectivity index (χ3v) is 4.28. The maximum Gasteiger partial charge on any atom is 0.0670 e. The molecule has 2 nitrogen and oxygen atoms in total. The molecule has 0 saturated carbocycles. The Bertz CT molecular complexity index is 397. The van der Waals surface area contributed by atoms with Gasteiger partial charge >= 0.3 is 0 Å². The molecular weight excluding hydrogens is 240 g/mol. The first-order valence-corrected chi connectivity index (χ1v) is 7.71. The maximum atomic E-state index is 5.74. The second-order valence-corrected chi connectivity index (χ2v) is 5.96. The zero-order valence-electron chi connectivity index (χ0n) is 11.0. The van der Waals surface area contributed by atoms with Crippen molar-refractivity contribution in [2.75, 3.05) is 5.75 Å². The topological polar surface area (TPSA) is 38.0 Å². The van der Waals surface area contributed by atoms with Gasteiger partial charge in [0.1, 0.15) is 0 Å². The van der Waals surface area contributed by atoms with Crippen molar-refractivity contribution < 1.29 is 0 Å². The van der Waals surface area contributed by atoms with E-state index in [2.05, 4.69) is 42.7 Å².